The van der Waals surface area contributed by atoms with Gasteiger partial charge in [-0.05, 0) is 11.8 Å². The maximum absolute atomic E-state index is 11.5. The lowest BCUT2D eigenvalue weighted by atomic mass is 9.98. The largest absolute Gasteiger partial charge is 0.296 e. The first kappa shape index (κ1) is 12.2. The summed E-state index contributed by atoms with van der Waals surface area (Å²) in [6, 6.07) is 0. The van der Waals surface area contributed by atoms with Crippen LogP contribution in [-0.4, -0.2) is 16.5 Å². The third kappa shape index (κ3) is 3.32. The van der Waals surface area contributed by atoms with E-state index in [1.165, 1.54) is 0 Å². The van der Waals surface area contributed by atoms with Crippen molar-refractivity contribution in [3.63, 3.8) is 0 Å². The van der Waals surface area contributed by atoms with E-state index < -0.39 is 10.8 Å². The molecule has 0 radical (unpaired) electrons. The van der Waals surface area contributed by atoms with E-state index in [2.05, 4.69) is 0 Å². The number of ketones is 1. The summed E-state index contributed by atoms with van der Waals surface area (Å²) < 4.78 is 0. The summed E-state index contributed by atoms with van der Waals surface area (Å²) in [4.78, 5) is 11.5. The van der Waals surface area contributed by atoms with Gasteiger partial charge in [0.1, 0.15) is 0 Å². The number of carbonyl (C=O) groups is 1. The van der Waals surface area contributed by atoms with Crippen LogP contribution < -0.4 is 0 Å². The first-order valence-corrected chi connectivity index (χ1v) is 5.07. The van der Waals surface area contributed by atoms with Gasteiger partial charge in [0.15, 0.2) is 5.78 Å². The number of carbonyl (C=O) groups excluding carboxylic acids is 1. The van der Waals surface area contributed by atoms with Gasteiger partial charge in [0.25, 0.3) is 0 Å². The molecular formula is C9H16Cl2O. The Morgan fingerprint density at radius 3 is 1.33 bits per heavy atom. The second-order valence-corrected chi connectivity index (χ2v) is 4.63. The SMILES string of the molecule is CC(C)[C@H](Cl)C(=O)[C@@H](Cl)C(C)C. The lowest BCUT2D eigenvalue weighted by Gasteiger charge is -2.18. The van der Waals surface area contributed by atoms with Crippen LogP contribution in [0.4, 0.5) is 0 Å². The molecule has 0 unspecified atom stereocenters. The third-order valence-electron chi connectivity index (χ3n) is 1.71. The summed E-state index contributed by atoms with van der Waals surface area (Å²) in [5.74, 6) is 0.252. The molecule has 0 heterocycles. The molecular weight excluding hydrogens is 195 g/mol. The average molecular weight is 211 g/mol. The van der Waals surface area contributed by atoms with Crippen molar-refractivity contribution in [2.24, 2.45) is 11.8 Å². The zero-order valence-corrected chi connectivity index (χ0v) is 9.49. The van der Waals surface area contributed by atoms with Crippen molar-refractivity contribution in [1.29, 1.82) is 0 Å². The van der Waals surface area contributed by atoms with Gasteiger partial charge in [-0.25, -0.2) is 0 Å². The van der Waals surface area contributed by atoms with E-state index >= 15 is 0 Å². The fraction of sp³-hybridized carbons (Fsp3) is 0.889. The minimum atomic E-state index is -0.449. The Hall–Kier alpha value is 0.250. The van der Waals surface area contributed by atoms with Crippen molar-refractivity contribution >= 4 is 29.0 Å². The van der Waals surface area contributed by atoms with Crippen LogP contribution in [0.15, 0.2) is 0 Å². The minimum absolute atomic E-state index is 0.0525. The molecule has 0 aliphatic carbocycles. The fourth-order valence-corrected chi connectivity index (χ4v) is 1.15. The predicted molar refractivity (Wildman–Crippen MR) is 54.0 cm³/mol. The Kier molecular flexibility index (Phi) is 5.19. The van der Waals surface area contributed by atoms with Gasteiger partial charge in [-0.2, -0.15) is 0 Å². The number of hydrogen-bond acceptors (Lipinski definition) is 1. The molecule has 0 aromatic rings. The van der Waals surface area contributed by atoms with Crippen molar-refractivity contribution < 1.29 is 4.79 Å². The summed E-state index contributed by atoms with van der Waals surface area (Å²) in [5.41, 5.74) is 0. The molecule has 72 valence electrons. The van der Waals surface area contributed by atoms with Crippen molar-refractivity contribution in [2.75, 3.05) is 0 Å². The molecule has 0 rings (SSSR count). The molecule has 3 heteroatoms. The molecule has 2 atom stereocenters. The maximum Gasteiger partial charge on any atom is 0.168 e. The van der Waals surface area contributed by atoms with Crippen LogP contribution in [0, 0.1) is 11.8 Å². The lowest BCUT2D eigenvalue weighted by Crippen LogP contribution is -2.31. The molecule has 0 fully saturated rings. The molecule has 0 aliphatic rings. The minimum Gasteiger partial charge on any atom is -0.296 e. The molecule has 0 spiro atoms. The number of rotatable bonds is 4. The summed E-state index contributed by atoms with van der Waals surface area (Å²) >= 11 is 11.7. The van der Waals surface area contributed by atoms with Gasteiger partial charge in [-0.1, -0.05) is 27.7 Å². The van der Waals surface area contributed by atoms with Gasteiger partial charge in [0.05, 0.1) is 10.8 Å². The standard InChI is InChI=1S/C9H16Cl2O/c1-5(2)7(10)9(12)8(11)6(3)4/h5-8H,1-4H3/t7-,8-/m0/s1. The van der Waals surface area contributed by atoms with E-state index in [0.717, 1.165) is 0 Å². The van der Waals surface area contributed by atoms with Crippen LogP contribution in [-0.2, 0) is 4.79 Å². The van der Waals surface area contributed by atoms with Gasteiger partial charge in [0.2, 0.25) is 0 Å². The van der Waals surface area contributed by atoms with Gasteiger partial charge in [-0.3, -0.25) is 4.79 Å². The molecule has 0 saturated heterocycles. The Morgan fingerprint density at radius 1 is 0.917 bits per heavy atom. The van der Waals surface area contributed by atoms with Gasteiger partial charge in [-0.15, -0.1) is 23.2 Å². The molecule has 0 aromatic carbocycles. The van der Waals surface area contributed by atoms with Crippen LogP contribution in [0.25, 0.3) is 0 Å². The van der Waals surface area contributed by atoms with Crippen molar-refractivity contribution in [3.05, 3.63) is 0 Å². The molecule has 12 heavy (non-hydrogen) atoms. The van der Waals surface area contributed by atoms with E-state index in [4.69, 9.17) is 23.2 Å². The van der Waals surface area contributed by atoms with Crippen molar-refractivity contribution in [2.45, 2.75) is 38.4 Å². The second kappa shape index (κ2) is 5.08. The third-order valence-corrected chi connectivity index (χ3v) is 3.15. The second-order valence-electron chi connectivity index (χ2n) is 3.69. The topological polar surface area (TPSA) is 17.1 Å². The normalized spacial score (nSPS) is 16.7. The Balaban J connectivity index is 4.19. The van der Waals surface area contributed by atoms with E-state index in [1.54, 1.807) is 0 Å². The first-order valence-electron chi connectivity index (χ1n) is 4.19. The average Bonchev–Trinajstić information content (AvgIpc) is 2.00. The monoisotopic (exact) mass is 210 g/mol. The van der Waals surface area contributed by atoms with Gasteiger partial charge in [0, 0.05) is 0 Å². The van der Waals surface area contributed by atoms with E-state index in [0.29, 0.717) is 0 Å². The highest BCUT2D eigenvalue weighted by Gasteiger charge is 2.27. The molecule has 0 aliphatic heterocycles. The van der Waals surface area contributed by atoms with Crippen LogP contribution >= 0.6 is 23.2 Å². The highest BCUT2D eigenvalue weighted by atomic mass is 35.5. The number of Topliss-reactive ketones (excluding diaryl/α,β-unsaturated/α-hetero) is 1. The molecule has 0 saturated carbocycles. The van der Waals surface area contributed by atoms with E-state index in [1.807, 2.05) is 27.7 Å². The highest BCUT2D eigenvalue weighted by Crippen LogP contribution is 2.19. The fourth-order valence-electron chi connectivity index (χ4n) is 0.809. The van der Waals surface area contributed by atoms with Crippen LogP contribution in [0.1, 0.15) is 27.7 Å². The number of alkyl halides is 2. The lowest BCUT2D eigenvalue weighted by molar-refractivity contribution is -0.119. The summed E-state index contributed by atoms with van der Waals surface area (Å²) in [7, 11) is 0. The number of hydrogen-bond donors (Lipinski definition) is 0. The molecule has 0 amide bonds. The molecule has 0 N–H and O–H groups in total. The zero-order valence-electron chi connectivity index (χ0n) is 7.97. The van der Waals surface area contributed by atoms with Gasteiger partial charge < -0.3 is 0 Å². The molecule has 0 aromatic heterocycles. The van der Waals surface area contributed by atoms with E-state index in [-0.39, 0.29) is 17.6 Å². The number of halogens is 2. The van der Waals surface area contributed by atoms with Crippen LogP contribution in [0.3, 0.4) is 0 Å². The summed E-state index contributed by atoms with van der Waals surface area (Å²) in [5, 5.41) is -0.898. The van der Waals surface area contributed by atoms with Crippen LogP contribution in [0.2, 0.25) is 0 Å². The van der Waals surface area contributed by atoms with Crippen molar-refractivity contribution in [1.82, 2.24) is 0 Å². The zero-order chi connectivity index (χ0) is 9.89. The Bertz CT molecular complexity index is 139. The maximum atomic E-state index is 11.5. The highest BCUT2D eigenvalue weighted by molar-refractivity contribution is 6.40. The molecule has 0 bridgehead atoms. The first-order chi connectivity index (χ1) is 5.37. The predicted octanol–water partition coefficient (Wildman–Crippen LogP) is 3.08. The van der Waals surface area contributed by atoms with E-state index in [9.17, 15) is 4.79 Å². The molecule has 1 nitrogen and oxygen atoms in total. The summed E-state index contributed by atoms with van der Waals surface area (Å²) in [6.45, 7) is 7.66. The smallest absolute Gasteiger partial charge is 0.168 e. The summed E-state index contributed by atoms with van der Waals surface area (Å²) in [6.07, 6.45) is 0. The Labute approximate surface area is 84.4 Å². The van der Waals surface area contributed by atoms with Crippen molar-refractivity contribution in [3.8, 4) is 0 Å². The van der Waals surface area contributed by atoms with Crippen LogP contribution in [0.5, 0.6) is 0 Å². The quantitative estimate of drug-likeness (QED) is 0.653. The van der Waals surface area contributed by atoms with Gasteiger partial charge >= 0.3 is 0 Å². The Morgan fingerprint density at radius 2 is 1.17 bits per heavy atom.